The van der Waals surface area contributed by atoms with Gasteiger partial charge >= 0.3 is 0 Å². The summed E-state index contributed by atoms with van der Waals surface area (Å²) >= 11 is 0. The van der Waals surface area contributed by atoms with E-state index in [1.807, 2.05) is 0 Å². The van der Waals surface area contributed by atoms with Crippen LogP contribution in [0.2, 0.25) is 0 Å². The third-order valence-electron chi connectivity index (χ3n) is 4.14. The Balaban J connectivity index is 2.15. The van der Waals surface area contributed by atoms with Crippen molar-refractivity contribution in [2.45, 2.75) is 25.7 Å². The number of nitrogens with one attached hydrogen (secondary N) is 3. The number of benzene rings is 2. The SMILES string of the molecule is CCS(=O)(=O)Nc1cccc(S(=O)(=O)Nc2ccc(NC(=O)C(C)(C)CF)cc2)c1. The molecule has 3 N–H and O–H groups in total. The number of carbonyl (C=O) groups excluding carboxylic acids is 1. The van der Waals surface area contributed by atoms with Crippen LogP contribution in [0.15, 0.2) is 53.4 Å². The highest BCUT2D eigenvalue weighted by atomic mass is 32.2. The summed E-state index contributed by atoms with van der Waals surface area (Å²) in [6.45, 7) is 3.60. The van der Waals surface area contributed by atoms with Crippen LogP contribution in [0.5, 0.6) is 0 Å². The van der Waals surface area contributed by atoms with Crippen molar-refractivity contribution in [2.24, 2.45) is 5.41 Å². The molecule has 30 heavy (non-hydrogen) atoms. The van der Waals surface area contributed by atoms with Crippen molar-refractivity contribution in [1.29, 1.82) is 0 Å². The second-order valence-corrected chi connectivity index (χ2v) is 10.9. The van der Waals surface area contributed by atoms with E-state index in [2.05, 4.69) is 14.8 Å². The first-order valence-corrected chi connectivity index (χ1v) is 12.1. The molecule has 0 atom stereocenters. The maximum atomic E-state index is 12.9. The number of carbonyl (C=O) groups is 1. The smallest absolute Gasteiger partial charge is 0.261 e. The Morgan fingerprint density at radius 2 is 1.53 bits per heavy atom. The fourth-order valence-electron chi connectivity index (χ4n) is 2.18. The number of sulfonamides is 2. The molecule has 1 amide bonds. The quantitative estimate of drug-likeness (QED) is 0.534. The zero-order valence-electron chi connectivity index (χ0n) is 16.8. The van der Waals surface area contributed by atoms with Crippen LogP contribution < -0.4 is 14.8 Å². The molecule has 0 radical (unpaired) electrons. The third kappa shape index (κ3) is 6.17. The van der Waals surface area contributed by atoms with E-state index in [0.717, 1.165) is 0 Å². The molecular formula is C19H24FN3O5S2. The highest BCUT2D eigenvalue weighted by molar-refractivity contribution is 7.93. The van der Waals surface area contributed by atoms with Gasteiger partial charge in [-0.2, -0.15) is 0 Å². The number of anilines is 3. The summed E-state index contributed by atoms with van der Waals surface area (Å²) in [5.74, 6) is -0.641. The molecule has 0 heterocycles. The molecule has 0 spiro atoms. The predicted molar refractivity (Wildman–Crippen MR) is 115 cm³/mol. The van der Waals surface area contributed by atoms with Gasteiger partial charge < -0.3 is 5.32 Å². The maximum absolute atomic E-state index is 12.9. The molecule has 0 fully saturated rings. The van der Waals surface area contributed by atoms with Gasteiger partial charge in [0.15, 0.2) is 0 Å². The lowest BCUT2D eigenvalue weighted by atomic mass is 9.94. The van der Waals surface area contributed by atoms with Crippen molar-refractivity contribution in [2.75, 3.05) is 27.2 Å². The third-order valence-corrected chi connectivity index (χ3v) is 6.83. The molecule has 0 aliphatic heterocycles. The number of hydrogen-bond donors (Lipinski definition) is 3. The molecule has 0 aliphatic carbocycles. The van der Waals surface area contributed by atoms with Crippen molar-refractivity contribution in [1.82, 2.24) is 0 Å². The molecule has 8 nitrogen and oxygen atoms in total. The summed E-state index contributed by atoms with van der Waals surface area (Å²) in [6, 6.07) is 11.3. The second-order valence-electron chi connectivity index (χ2n) is 7.19. The fraction of sp³-hybridized carbons (Fsp3) is 0.316. The number of halogens is 1. The molecule has 0 saturated heterocycles. The van der Waals surface area contributed by atoms with Gasteiger partial charge in [0.2, 0.25) is 15.9 Å². The Labute approximate surface area is 176 Å². The Hall–Kier alpha value is -2.66. The van der Waals surface area contributed by atoms with Gasteiger partial charge in [0.05, 0.1) is 16.1 Å². The molecule has 0 aliphatic rings. The van der Waals surface area contributed by atoms with Crippen LogP contribution >= 0.6 is 0 Å². The zero-order valence-corrected chi connectivity index (χ0v) is 18.4. The summed E-state index contributed by atoms with van der Waals surface area (Å²) < 4.78 is 66.2. The van der Waals surface area contributed by atoms with Crippen molar-refractivity contribution in [3.63, 3.8) is 0 Å². The zero-order chi connectivity index (χ0) is 22.6. The lowest BCUT2D eigenvalue weighted by molar-refractivity contribution is -0.124. The number of amides is 1. The highest BCUT2D eigenvalue weighted by Crippen LogP contribution is 2.23. The highest BCUT2D eigenvalue weighted by Gasteiger charge is 2.27. The van der Waals surface area contributed by atoms with Gasteiger partial charge in [0.25, 0.3) is 10.0 Å². The molecule has 0 unspecified atom stereocenters. The van der Waals surface area contributed by atoms with Crippen molar-refractivity contribution in [3.8, 4) is 0 Å². The van der Waals surface area contributed by atoms with E-state index in [1.54, 1.807) is 0 Å². The molecule has 0 aromatic heterocycles. The minimum absolute atomic E-state index is 0.124. The average Bonchev–Trinajstić information content (AvgIpc) is 2.69. The summed E-state index contributed by atoms with van der Waals surface area (Å²) in [5, 5.41) is 2.57. The summed E-state index contributed by atoms with van der Waals surface area (Å²) in [6.07, 6.45) is 0. The van der Waals surface area contributed by atoms with Crippen molar-refractivity contribution in [3.05, 3.63) is 48.5 Å². The molecule has 0 saturated carbocycles. The van der Waals surface area contributed by atoms with E-state index in [0.29, 0.717) is 5.69 Å². The monoisotopic (exact) mass is 457 g/mol. The normalized spacial score (nSPS) is 12.3. The molecule has 0 bridgehead atoms. The standard InChI is InChI=1S/C19H24FN3O5S2/c1-4-29(25,26)22-16-6-5-7-17(12-16)30(27,28)23-15-10-8-14(9-11-15)21-18(24)19(2,3)13-20/h5-12,22-23H,4,13H2,1-3H3,(H,21,24). The number of rotatable bonds is 9. The van der Waals surface area contributed by atoms with E-state index >= 15 is 0 Å². The first kappa shape index (κ1) is 23.6. The minimum atomic E-state index is -3.98. The second kappa shape index (κ2) is 9.00. The molecule has 11 heteroatoms. The van der Waals surface area contributed by atoms with E-state index in [1.165, 1.54) is 69.3 Å². The Kier molecular flexibility index (Phi) is 7.09. The Morgan fingerprint density at radius 1 is 0.933 bits per heavy atom. The molecular weight excluding hydrogens is 433 g/mol. The van der Waals surface area contributed by atoms with Gasteiger partial charge in [-0.25, -0.2) is 21.2 Å². The van der Waals surface area contributed by atoms with Gasteiger partial charge in [-0.1, -0.05) is 6.07 Å². The van der Waals surface area contributed by atoms with Crippen LogP contribution in [0.25, 0.3) is 0 Å². The molecule has 2 aromatic carbocycles. The Bertz CT molecular complexity index is 1120. The van der Waals surface area contributed by atoms with Crippen LogP contribution in [0.1, 0.15) is 20.8 Å². The van der Waals surface area contributed by atoms with Crippen LogP contribution in [0, 0.1) is 5.41 Å². The van der Waals surface area contributed by atoms with Crippen LogP contribution in [-0.4, -0.2) is 35.2 Å². The lowest BCUT2D eigenvalue weighted by Crippen LogP contribution is -2.32. The topological polar surface area (TPSA) is 121 Å². The van der Waals surface area contributed by atoms with Crippen molar-refractivity contribution < 1.29 is 26.0 Å². The van der Waals surface area contributed by atoms with E-state index in [9.17, 15) is 26.0 Å². The van der Waals surface area contributed by atoms with Gasteiger partial charge in [-0.15, -0.1) is 0 Å². The number of hydrogen-bond acceptors (Lipinski definition) is 5. The number of alkyl halides is 1. The van der Waals surface area contributed by atoms with Crippen LogP contribution in [-0.2, 0) is 24.8 Å². The fourth-order valence-corrected chi connectivity index (χ4v) is 3.91. The van der Waals surface area contributed by atoms with E-state index in [4.69, 9.17) is 0 Å². The van der Waals surface area contributed by atoms with Crippen LogP contribution in [0.4, 0.5) is 21.5 Å². The Morgan fingerprint density at radius 3 is 2.10 bits per heavy atom. The molecule has 2 rings (SSSR count). The maximum Gasteiger partial charge on any atom is 0.261 e. The first-order valence-electron chi connectivity index (χ1n) is 8.99. The predicted octanol–water partition coefficient (Wildman–Crippen LogP) is 3.18. The van der Waals surface area contributed by atoms with E-state index in [-0.39, 0.29) is 22.0 Å². The van der Waals surface area contributed by atoms with Crippen molar-refractivity contribution >= 4 is 43.0 Å². The summed E-state index contributed by atoms with van der Waals surface area (Å²) in [5.41, 5.74) is -0.420. The van der Waals surface area contributed by atoms with Crippen LogP contribution in [0.3, 0.4) is 0 Å². The molecule has 2 aromatic rings. The van der Waals surface area contributed by atoms with Gasteiger partial charge in [0, 0.05) is 17.1 Å². The van der Waals surface area contributed by atoms with Gasteiger partial charge in [0.1, 0.15) is 6.67 Å². The minimum Gasteiger partial charge on any atom is -0.326 e. The average molecular weight is 458 g/mol. The summed E-state index contributed by atoms with van der Waals surface area (Å²) in [4.78, 5) is 11.9. The largest absolute Gasteiger partial charge is 0.326 e. The lowest BCUT2D eigenvalue weighted by Gasteiger charge is -2.19. The molecule has 164 valence electrons. The van der Waals surface area contributed by atoms with Gasteiger partial charge in [-0.05, 0) is 63.2 Å². The van der Waals surface area contributed by atoms with E-state index < -0.39 is 38.0 Å². The van der Waals surface area contributed by atoms with Gasteiger partial charge in [-0.3, -0.25) is 14.2 Å². The summed E-state index contributed by atoms with van der Waals surface area (Å²) in [7, 11) is -7.53. The first-order chi connectivity index (χ1) is 13.9.